The van der Waals surface area contributed by atoms with Gasteiger partial charge in [-0.15, -0.1) is 0 Å². The fourth-order valence-electron chi connectivity index (χ4n) is 9.86. The molecule has 0 saturated heterocycles. The van der Waals surface area contributed by atoms with E-state index in [1.807, 2.05) is 0 Å². The largest absolute Gasteiger partial charge is 0.494 e. The zero-order valence-electron chi connectivity index (χ0n) is 59.9. The summed E-state index contributed by atoms with van der Waals surface area (Å²) >= 11 is 0. The first-order valence-electron chi connectivity index (χ1n) is 35.3. The highest BCUT2D eigenvalue weighted by Crippen LogP contribution is 2.32. The van der Waals surface area contributed by atoms with Gasteiger partial charge in [-0.05, 0) is 260 Å². The molecule has 0 N–H and O–H groups in total. The van der Waals surface area contributed by atoms with Gasteiger partial charge in [0, 0.05) is 24.3 Å². The van der Waals surface area contributed by atoms with Crippen molar-refractivity contribution in [3.8, 4) is 57.5 Å². The minimum atomic E-state index is -1.07. The Hall–Kier alpha value is -12.6. The molecule has 0 aliphatic carbocycles. The molecule has 0 aromatic heterocycles. The molecular weight excluding hydrogens is 1390 g/mol. The molecule has 0 spiro atoms. The van der Waals surface area contributed by atoms with Gasteiger partial charge in [-0.1, -0.05) is 26.3 Å². The average molecular weight is 1480 g/mol. The molecule has 0 aliphatic heterocycles. The van der Waals surface area contributed by atoms with Crippen LogP contribution in [0.4, 0.5) is 0 Å². The summed E-state index contributed by atoms with van der Waals surface area (Å²) in [6.45, 7) is 16.3. The van der Waals surface area contributed by atoms with Crippen LogP contribution in [0.1, 0.15) is 165 Å². The molecule has 0 fully saturated rings. The Bertz CT molecular complexity index is 3890. The Morgan fingerprint density at radius 3 is 0.667 bits per heavy atom. The van der Waals surface area contributed by atoms with Crippen molar-refractivity contribution in [2.45, 2.75) is 103 Å². The summed E-state index contributed by atoms with van der Waals surface area (Å²) in [6, 6.07) is 37.5. The van der Waals surface area contributed by atoms with Gasteiger partial charge in [-0.2, -0.15) is 0 Å². The zero-order valence-corrected chi connectivity index (χ0v) is 59.9. The molecule has 0 atom stereocenters. The van der Waals surface area contributed by atoms with Gasteiger partial charge in [0.2, 0.25) is 0 Å². The lowest BCUT2D eigenvalue weighted by Gasteiger charge is -2.14. The van der Waals surface area contributed by atoms with Crippen LogP contribution in [0.2, 0.25) is 0 Å². The van der Waals surface area contributed by atoms with Gasteiger partial charge in [0.05, 0.1) is 75.1 Å². The van der Waals surface area contributed by atoms with E-state index in [-0.39, 0.29) is 67.9 Å². The summed E-state index contributed by atoms with van der Waals surface area (Å²) in [5.41, 5.74) is -0.192. The first-order valence-corrected chi connectivity index (χ1v) is 35.3. The molecule has 0 unspecified atom stereocenters. The number of hydrogen-bond donors (Lipinski definition) is 0. The molecule has 0 saturated carbocycles. The van der Waals surface area contributed by atoms with Gasteiger partial charge in [0.1, 0.15) is 68.6 Å². The molecule has 0 heterocycles. The summed E-state index contributed by atoms with van der Waals surface area (Å²) < 4.78 is 78.0. The van der Waals surface area contributed by atoms with Crippen LogP contribution in [-0.2, 0) is 38.1 Å². The third-order valence-electron chi connectivity index (χ3n) is 15.6. The number of rotatable bonds is 48. The van der Waals surface area contributed by atoms with Crippen LogP contribution in [0.25, 0.3) is 0 Å². The molecule has 0 amide bonds. The van der Waals surface area contributed by atoms with Gasteiger partial charge in [-0.3, -0.25) is 0 Å². The Kier molecular flexibility index (Phi) is 35.4. The van der Waals surface area contributed by atoms with E-state index in [4.69, 9.17) is 66.3 Å². The van der Waals surface area contributed by atoms with Crippen LogP contribution in [-0.4, -0.2) is 113 Å². The standard InChI is InChI=1S/C84H86O24/c1-5-75(85)99-53-21-13-9-17-49-95-63-33-25-59(26-34-63)79(89)105-69-45-47-73(107-81(91)61-29-37-65(38-30-61)97-51-19-11-15-23-55-101-77(87)7-3)71(57-69)83(93)103-67-41-43-68(44-42-67)104-84(94)72-58-70(106-80(90)60-27-35-64(36-28-60)96-50-18-10-14-22-54-100-76(86)6-2)46-48-74(72)108-82(92)62-31-39-66(40-32-62)98-52-20-12-16-24-56-102-78(88)8-4/h5-8,25-48,57-58H,1-4,9-24,49-56H2. The highest BCUT2D eigenvalue weighted by molar-refractivity contribution is 6.00. The Labute approximate surface area is 626 Å². The summed E-state index contributed by atoms with van der Waals surface area (Å²) in [4.78, 5) is 128. The van der Waals surface area contributed by atoms with Crippen molar-refractivity contribution in [3.05, 3.63) is 242 Å². The van der Waals surface area contributed by atoms with Crippen molar-refractivity contribution in [3.63, 3.8) is 0 Å². The fourth-order valence-corrected chi connectivity index (χ4v) is 9.86. The fraction of sp³-hybridized carbons (Fsp3) is 0.286. The lowest BCUT2D eigenvalue weighted by Crippen LogP contribution is -2.16. The van der Waals surface area contributed by atoms with Crippen molar-refractivity contribution in [2.24, 2.45) is 0 Å². The van der Waals surface area contributed by atoms with Gasteiger partial charge in [0.25, 0.3) is 0 Å². The van der Waals surface area contributed by atoms with E-state index in [9.17, 15) is 47.9 Å². The number of esters is 10. The second-order valence-corrected chi connectivity index (χ2v) is 23.8. The minimum absolute atomic E-state index is 0.0874. The van der Waals surface area contributed by atoms with Gasteiger partial charge in [-0.25, -0.2) is 47.9 Å². The smallest absolute Gasteiger partial charge is 0.347 e. The minimum Gasteiger partial charge on any atom is -0.494 e. The number of carbonyl (C=O) groups excluding carboxylic acids is 10. The van der Waals surface area contributed by atoms with Crippen LogP contribution in [0, 0.1) is 0 Å². The Morgan fingerprint density at radius 2 is 0.426 bits per heavy atom. The number of unbranched alkanes of at least 4 members (excludes halogenated alkanes) is 12. The van der Waals surface area contributed by atoms with Gasteiger partial charge in [0.15, 0.2) is 0 Å². The van der Waals surface area contributed by atoms with Crippen LogP contribution in [0.5, 0.6) is 57.5 Å². The SMILES string of the molecule is C=CC(=O)OCCCCCCOc1ccc(C(=O)Oc2ccc(OC(=O)c3ccc(OCCCCCCOC(=O)C=C)cc3)c(C(=O)Oc3ccc(OC(=O)c4cc(OC(=O)c5ccc(OCCCCCCOC(=O)C=C)cc5)ccc4OC(=O)c4ccc(OCCCCCCOC(=O)C=C)cc4)cc3)c2)cc1. The molecule has 7 aromatic carbocycles. The van der Waals surface area contributed by atoms with Crippen LogP contribution in [0.15, 0.2) is 208 Å². The van der Waals surface area contributed by atoms with E-state index < -0.39 is 59.7 Å². The van der Waals surface area contributed by atoms with Crippen molar-refractivity contribution in [2.75, 3.05) is 52.9 Å². The highest BCUT2D eigenvalue weighted by atomic mass is 16.6. The van der Waals surface area contributed by atoms with Crippen LogP contribution >= 0.6 is 0 Å². The molecule has 0 radical (unpaired) electrons. The van der Waals surface area contributed by atoms with E-state index in [0.29, 0.717) is 102 Å². The summed E-state index contributed by atoms with van der Waals surface area (Å²) in [5, 5.41) is 0. The van der Waals surface area contributed by atoms with Crippen molar-refractivity contribution in [1.29, 1.82) is 0 Å². The number of carbonyl (C=O) groups is 10. The monoisotopic (exact) mass is 1480 g/mol. The van der Waals surface area contributed by atoms with E-state index in [0.717, 1.165) is 101 Å². The quantitative estimate of drug-likeness (QED) is 0.0112. The maximum atomic E-state index is 14.3. The second-order valence-electron chi connectivity index (χ2n) is 23.8. The first kappa shape index (κ1) is 82.7. The molecule has 7 aromatic rings. The van der Waals surface area contributed by atoms with Crippen LogP contribution < -0.4 is 47.4 Å². The second kappa shape index (κ2) is 46.3. The number of benzene rings is 7. The molecule has 24 heteroatoms. The normalized spacial score (nSPS) is 10.5. The van der Waals surface area contributed by atoms with Crippen molar-refractivity contribution in [1.82, 2.24) is 0 Å². The predicted molar refractivity (Wildman–Crippen MR) is 395 cm³/mol. The Morgan fingerprint density at radius 1 is 0.222 bits per heavy atom. The molecule has 566 valence electrons. The third-order valence-corrected chi connectivity index (χ3v) is 15.6. The van der Waals surface area contributed by atoms with E-state index >= 15 is 0 Å². The maximum absolute atomic E-state index is 14.3. The molecule has 24 nitrogen and oxygen atoms in total. The zero-order chi connectivity index (χ0) is 77.1. The van der Waals surface area contributed by atoms with Crippen molar-refractivity contribution >= 4 is 59.7 Å². The molecule has 0 bridgehead atoms. The van der Waals surface area contributed by atoms with Gasteiger partial charge >= 0.3 is 59.7 Å². The lowest BCUT2D eigenvalue weighted by atomic mass is 10.1. The molecule has 0 aliphatic rings. The average Bonchev–Trinajstić information content (AvgIpc) is 0.819. The Balaban J connectivity index is 1.03. The first-order chi connectivity index (χ1) is 52.5. The van der Waals surface area contributed by atoms with E-state index in [1.165, 1.54) is 109 Å². The number of ether oxygens (including phenoxy) is 14. The van der Waals surface area contributed by atoms with E-state index in [2.05, 4.69) is 26.3 Å². The van der Waals surface area contributed by atoms with Crippen molar-refractivity contribution < 1.29 is 114 Å². The summed E-state index contributed by atoms with van der Waals surface area (Å²) in [6.07, 6.45) is 16.8. The highest BCUT2D eigenvalue weighted by Gasteiger charge is 2.25. The molecule has 108 heavy (non-hydrogen) atoms. The topological polar surface area (TPSA) is 300 Å². The number of hydrogen-bond acceptors (Lipinski definition) is 24. The molecular formula is C84H86O24. The lowest BCUT2D eigenvalue weighted by molar-refractivity contribution is -0.138. The van der Waals surface area contributed by atoms with Gasteiger partial charge < -0.3 is 66.3 Å². The predicted octanol–water partition coefficient (Wildman–Crippen LogP) is 15.7. The summed E-state index contributed by atoms with van der Waals surface area (Å²) in [5.74, 6) is -6.29. The van der Waals surface area contributed by atoms with Crippen LogP contribution in [0.3, 0.4) is 0 Å². The molecule has 7 rings (SSSR count). The van der Waals surface area contributed by atoms with E-state index in [1.54, 1.807) is 48.5 Å². The third kappa shape index (κ3) is 29.9. The summed E-state index contributed by atoms with van der Waals surface area (Å²) in [7, 11) is 0. The maximum Gasteiger partial charge on any atom is 0.347 e.